The summed E-state index contributed by atoms with van der Waals surface area (Å²) in [5, 5.41) is 8.74. The summed E-state index contributed by atoms with van der Waals surface area (Å²) in [6, 6.07) is 13.5. The second-order valence-corrected chi connectivity index (χ2v) is 5.17. The Morgan fingerprint density at radius 1 is 1.17 bits per heavy atom. The van der Waals surface area contributed by atoms with Gasteiger partial charge in [0, 0.05) is 12.3 Å². The molecule has 124 valence electrons. The SMILES string of the molecule is CCOc1ccc(C=Nc2ccc(C=CC(=O)O)c(CC)c2)cc1. The van der Waals surface area contributed by atoms with Crippen LogP contribution in [0.15, 0.2) is 53.5 Å². The number of carboxylic acids is 1. The zero-order valence-electron chi connectivity index (χ0n) is 13.9. The van der Waals surface area contributed by atoms with Crippen molar-refractivity contribution in [1.82, 2.24) is 0 Å². The van der Waals surface area contributed by atoms with Crippen molar-refractivity contribution in [1.29, 1.82) is 0 Å². The van der Waals surface area contributed by atoms with Gasteiger partial charge in [-0.05, 0) is 72.5 Å². The molecule has 0 atom stereocenters. The summed E-state index contributed by atoms with van der Waals surface area (Å²) in [7, 11) is 0. The van der Waals surface area contributed by atoms with Crippen LogP contribution in [0.3, 0.4) is 0 Å². The van der Waals surface area contributed by atoms with E-state index in [2.05, 4.69) is 4.99 Å². The Kier molecular flexibility index (Phi) is 6.32. The number of ether oxygens (including phenoxy) is 1. The Morgan fingerprint density at radius 2 is 1.92 bits per heavy atom. The Balaban J connectivity index is 2.15. The molecule has 4 nitrogen and oxygen atoms in total. The molecule has 1 N–H and O–H groups in total. The van der Waals surface area contributed by atoms with Crippen LogP contribution in [0.2, 0.25) is 0 Å². The first kappa shape index (κ1) is 17.5. The van der Waals surface area contributed by atoms with Crippen LogP contribution in [0, 0.1) is 0 Å². The van der Waals surface area contributed by atoms with Gasteiger partial charge in [0.25, 0.3) is 0 Å². The lowest BCUT2D eigenvalue weighted by molar-refractivity contribution is -0.131. The van der Waals surface area contributed by atoms with Gasteiger partial charge in [-0.2, -0.15) is 0 Å². The number of carboxylic acid groups (broad SMARTS) is 1. The zero-order valence-corrected chi connectivity index (χ0v) is 13.9. The zero-order chi connectivity index (χ0) is 17.4. The highest BCUT2D eigenvalue weighted by molar-refractivity contribution is 5.86. The van der Waals surface area contributed by atoms with E-state index in [-0.39, 0.29) is 0 Å². The smallest absolute Gasteiger partial charge is 0.328 e. The number of aliphatic carboxylic acids is 1. The molecule has 2 aromatic carbocycles. The van der Waals surface area contributed by atoms with E-state index in [1.54, 1.807) is 12.3 Å². The minimum absolute atomic E-state index is 0.649. The topological polar surface area (TPSA) is 58.9 Å². The maximum atomic E-state index is 10.6. The Morgan fingerprint density at radius 3 is 2.54 bits per heavy atom. The quantitative estimate of drug-likeness (QED) is 0.603. The minimum atomic E-state index is -0.949. The number of aliphatic imine (C=N–C) groups is 1. The Hall–Kier alpha value is -2.88. The molecule has 0 unspecified atom stereocenters. The highest BCUT2D eigenvalue weighted by atomic mass is 16.5. The van der Waals surface area contributed by atoms with Gasteiger partial charge in [-0.1, -0.05) is 13.0 Å². The fourth-order valence-corrected chi connectivity index (χ4v) is 2.27. The van der Waals surface area contributed by atoms with Crippen molar-refractivity contribution in [2.24, 2.45) is 4.99 Å². The molecule has 0 aliphatic carbocycles. The van der Waals surface area contributed by atoms with Gasteiger partial charge < -0.3 is 9.84 Å². The monoisotopic (exact) mass is 323 g/mol. The van der Waals surface area contributed by atoms with Crippen LogP contribution >= 0.6 is 0 Å². The number of rotatable bonds is 7. The number of hydrogen-bond donors (Lipinski definition) is 1. The molecule has 0 saturated heterocycles. The van der Waals surface area contributed by atoms with E-state index in [9.17, 15) is 4.79 Å². The molecular weight excluding hydrogens is 302 g/mol. The maximum absolute atomic E-state index is 10.6. The molecule has 0 heterocycles. The molecule has 0 aromatic heterocycles. The van der Waals surface area contributed by atoms with E-state index >= 15 is 0 Å². The molecule has 0 spiro atoms. The average molecular weight is 323 g/mol. The van der Waals surface area contributed by atoms with Crippen LogP contribution in [0.4, 0.5) is 5.69 Å². The van der Waals surface area contributed by atoms with Gasteiger partial charge in [0.1, 0.15) is 5.75 Å². The predicted octanol–water partition coefficient (Wildman–Crippen LogP) is 4.50. The highest BCUT2D eigenvalue weighted by Crippen LogP contribution is 2.20. The van der Waals surface area contributed by atoms with Crippen molar-refractivity contribution in [3.05, 3.63) is 65.2 Å². The summed E-state index contributed by atoms with van der Waals surface area (Å²) in [5.74, 6) is -0.105. The molecule has 0 saturated carbocycles. The van der Waals surface area contributed by atoms with E-state index < -0.39 is 5.97 Å². The van der Waals surface area contributed by atoms with E-state index in [1.807, 2.05) is 56.3 Å². The van der Waals surface area contributed by atoms with Gasteiger partial charge in [0.2, 0.25) is 0 Å². The van der Waals surface area contributed by atoms with Crippen molar-refractivity contribution >= 4 is 23.9 Å². The average Bonchev–Trinajstić information content (AvgIpc) is 2.59. The molecule has 2 aromatic rings. The molecule has 4 heteroatoms. The molecule has 0 amide bonds. The van der Waals surface area contributed by atoms with Crippen LogP contribution in [0.5, 0.6) is 5.75 Å². The first-order valence-corrected chi connectivity index (χ1v) is 7.93. The van der Waals surface area contributed by atoms with Gasteiger partial charge in [-0.3, -0.25) is 4.99 Å². The number of benzene rings is 2. The summed E-state index contributed by atoms with van der Waals surface area (Å²) in [5.41, 5.74) is 3.80. The van der Waals surface area contributed by atoms with Crippen LogP contribution in [0.1, 0.15) is 30.5 Å². The number of hydrogen-bond acceptors (Lipinski definition) is 3. The predicted molar refractivity (Wildman–Crippen MR) is 97.4 cm³/mol. The van der Waals surface area contributed by atoms with Crippen LogP contribution in [-0.2, 0) is 11.2 Å². The lowest BCUT2D eigenvalue weighted by Gasteiger charge is -2.05. The van der Waals surface area contributed by atoms with Gasteiger partial charge in [0.15, 0.2) is 0 Å². The summed E-state index contributed by atoms with van der Waals surface area (Å²) < 4.78 is 5.41. The van der Waals surface area contributed by atoms with Gasteiger partial charge in [-0.15, -0.1) is 0 Å². The summed E-state index contributed by atoms with van der Waals surface area (Å²) in [6.45, 7) is 4.64. The molecular formula is C20H21NO3. The highest BCUT2D eigenvalue weighted by Gasteiger charge is 2.00. The summed E-state index contributed by atoms with van der Waals surface area (Å²) in [4.78, 5) is 15.1. The van der Waals surface area contributed by atoms with E-state index in [1.165, 1.54) is 0 Å². The molecule has 2 rings (SSSR count). The van der Waals surface area contributed by atoms with E-state index in [0.29, 0.717) is 6.61 Å². The maximum Gasteiger partial charge on any atom is 0.328 e. The molecule has 0 aliphatic rings. The molecule has 0 radical (unpaired) electrons. The van der Waals surface area contributed by atoms with Crippen molar-refractivity contribution in [2.45, 2.75) is 20.3 Å². The fraction of sp³-hybridized carbons (Fsp3) is 0.200. The lowest BCUT2D eigenvalue weighted by Crippen LogP contribution is -1.91. The number of aryl methyl sites for hydroxylation is 1. The molecule has 0 aliphatic heterocycles. The van der Waals surface area contributed by atoms with Crippen LogP contribution in [0.25, 0.3) is 6.08 Å². The first-order valence-electron chi connectivity index (χ1n) is 7.93. The Labute approximate surface area is 142 Å². The summed E-state index contributed by atoms with van der Waals surface area (Å²) >= 11 is 0. The lowest BCUT2D eigenvalue weighted by atomic mass is 10.0. The third-order valence-electron chi connectivity index (χ3n) is 3.47. The Bertz CT molecular complexity index is 746. The largest absolute Gasteiger partial charge is 0.494 e. The van der Waals surface area contributed by atoms with Crippen molar-refractivity contribution in [2.75, 3.05) is 6.61 Å². The number of nitrogens with zero attached hydrogens (tertiary/aromatic N) is 1. The van der Waals surface area contributed by atoms with E-state index in [4.69, 9.17) is 9.84 Å². The first-order chi connectivity index (χ1) is 11.6. The molecule has 0 bridgehead atoms. The minimum Gasteiger partial charge on any atom is -0.494 e. The second kappa shape index (κ2) is 8.67. The van der Waals surface area contributed by atoms with Crippen molar-refractivity contribution in [3.8, 4) is 5.75 Å². The third-order valence-corrected chi connectivity index (χ3v) is 3.47. The van der Waals surface area contributed by atoms with Crippen LogP contribution in [-0.4, -0.2) is 23.9 Å². The second-order valence-electron chi connectivity index (χ2n) is 5.17. The standard InChI is InChI=1S/C20H21NO3/c1-3-16-13-18(9-7-17(16)8-12-20(22)23)21-14-15-5-10-19(11-6-15)24-4-2/h5-14H,3-4H2,1-2H3,(H,22,23). The molecule has 0 fully saturated rings. The van der Waals surface area contributed by atoms with Gasteiger partial charge in [0.05, 0.1) is 12.3 Å². The number of carbonyl (C=O) groups is 1. The van der Waals surface area contributed by atoms with Crippen LogP contribution < -0.4 is 4.74 Å². The van der Waals surface area contributed by atoms with Crippen molar-refractivity contribution in [3.63, 3.8) is 0 Å². The van der Waals surface area contributed by atoms with Gasteiger partial charge >= 0.3 is 5.97 Å². The van der Waals surface area contributed by atoms with E-state index in [0.717, 1.165) is 40.6 Å². The third kappa shape index (κ3) is 5.09. The van der Waals surface area contributed by atoms with Crippen molar-refractivity contribution < 1.29 is 14.6 Å². The summed E-state index contributed by atoms with van der Waals surface area (Å²) in [6.07, 6.45) is 5.38. The molecule has 24 heavy (non-hydrogen) atoms. The fourth-order valence-electron chi connectivity index (χ4n) is 2.27. The van der Waals surface area contributed by atoms with Gasteiger partial charge in [-0.25, -0.2) is 4.79 Å². The normalized spacial score (nSPS) is 11.2.